The minimum absolute atomic E-state index is 0.629. The Morgan fingerprint density at radius 2 is 1.40 bits per heavy atom. The number of halogens is 6. The van der Waals surface area contributed by atoms with Crippen LogP contribution < -0.4 is 14.8 Å². The van der Waals surface area contributed by atoms with Gasteiger partial charge in [-0.1, -0.05) is 6.07 Å². The van der Waals surface area contributed by atoms with Crippen LogP contribution in [0.3, 0.4) is 0 Å². The zero-order valence-corrected chi connectivity index (χ0v) is 26.6. The number of nitrogens with one attached hydrogen (secondary N) is 1. The third-order valence-electron chi connectivity index (χ3n) is 8.89. The number of carboxylic acid groups (broad SMARTS) is 2. The number of nitrogens with zero attached hydrogens (tertiary/aromatic N) is 3. The number of hydrogen-bond acceptors (Lipinski definition) is 7. The van der Waals surface area contributed by atoms with E-state index >= 15 is 0 Å². The average Bonchev–Trinajstić information content (AvgIpc) is 3.63. The number of piperidine rings is 2. The maximum atomic E-state index is 10.6. The van der Waals surface area contributed by atoms with Gasteiger partial charge >= 0.3 is 24.3 Å². The van der Waals surface area contributed by atoms with E-state index in [1.165, 1.54) is 62.7 Å². The molecule has 0 saturated carbocycles. The molecule has 0 spiro atoms. The van der Waals surface area contributed by atoms with Crippen molar-refractivity contribution in [2.24, 2.45) is 0 Å². The summed E-state index contributed by atoms with van der Waals surface area (Å²) in [5, 5.41) is 18.0. The maximum Gasteiger partial charge on any atom is 0.490 e. The van der Waals surface area contributed by atoms with Crippen LogP contribution in [0.1, 0.15) is 55.6 Å². The van der Waals surface area contributed by atoms with Crippen LogP contribution in [0.4, 0.5) is 26.3 Å². The predicted octanol–water partition coefficient (Wildman–Crippen LogP) is 6.06. The molecule has 3 N–H and O–H groups in total. The van der Waals surface area contributed by atoms with E-state index in [1.54, 1.807) is 14.2 Å². The van der Waals surface area contributed by atoms with E-state index in [2.05, 4.69) is 40.0 Å². The Bertz CT molecular complexity index is 1550. The SMILES string of the molecule is COc1ccc(-c2cn3cc(C4CCN(C5CC6CCC(C5)N6)CC4)cc(C)c3n2)cc1OC.O=C(O)C(F)(F)F.O=C(O)C(F)(F)F. The second-order valence-corrected chi connectivity index (χ2v) is 12.1. The molecule has 48 heavy (non-hydrogen) atoms. The third-order valence-corrected chi connectivity index (χ3v) is 8.89. The van der Waals surface area contributed by atoms with Gasteiger partial charge in [-0.3, -0.25) is 0 Å². The number of aromatic nitrogens is 2. The van der Waals surface area contributed by atoms with Crippen molar-refractivity contribution in [3.63, 3.8) is 0 Å². The van der Waals surface area contributed by atoms with Gasteiger partial charge in [0, 0.05) is 36.1 Å². The average molecular weight is 689 g/mol. The van der Waals surface area contributed by atoms with Crippen molar-refractivity contribution < 1.29 is 55.6 Å². The lowest BCUT2D eigenvalue weighted by Gasteiger charge is -2.41. The van der Waals surface area contributed by atoms with E-state index < -0.39 is 24.3 Å². The van der Waals surface area contributed by atoms with Crippen molar-refractivity contribution in [1.29, 1.82) is 0 Å². The number of carboxylic acids is 2. The topological polar surface area (TPSA) is 126 Å². The molecule has 0 radical (unpaired) electrons. The number of likely N-dealkylation sites (tertiary alicyclic amines) is 1. The smallest absolute Gasteiger partial charge is 0.490 e. The van der Waals surface area contributed by atoms with Gasteiger partial charge in [0.25, 0.3) is 0 Å². The normalized spacial score (nSPS) is 21.5. The van der Waals surface area contributed by atoms with Gasteiger partial charge in [-0.2, -0.15) is 26.3 Å². The minimum Gasteiger partial charge on any atom is -0.493 e. The molecule has 2 unspecified atom stereocenters. The zero-order valence-electron chi connectivity index (χ0n) is 26.6. The molecule has 0 amide bonds. The first-order valence-corrected chi connectivity index (χ1v) is 15.3. The van der Waals surface area contributed by atoms with Crippen LogP contribution in [0.15, 0.2) is 36.7 Å². The quantitative estimate of drug-likeness (QED) is 0.275. The molecule has 6 rings (SSSR count). The maximum absolute atomic E-state index is 10.6. The molecule has 3 aliphatic rings. The number of hydrogen-bond donors (Lipinski definition) is 3. The summed E-state index contributed by atoms with van der Waals surface area (Å²) in [6, 6.07) is 10.7. The van der Waals surface area contributed by atoms with E-state index in [0.29, 0.717) is 5.92 Å². The number of ether oxygens (including phenoxy) is 2. The Morgan fingerprint density at radius 3 is 1.90 bits per heavy atom. The number of fused-ring (bicyclic) bond motifs is 3. The van der Waals surface area contributed by atoms with Gasteiger partial charge in [-0.25, -0.2) is 14.6 Å². The number of pyridine rings is 1. The number of aliphatic carboxylic acids is 2. The van der Waals surface area contributed by atoms with Crippen molar-refractivity contribution in [2.75, 3.05) is 27.3 Å². The highest BCUT2D eigenvalue weighted by Crippen LogP contribution is 2.36. The molecule has 3 fully saturated rings. The van der Waals surface area contributed by atoms with E-state index in [9.17, 15) is 26.3 Å². The van der Waals surface area contributed by atoms with Gasteiger partial charge < -0.3 is 34.3 Å². The Hall–Kier alpha value is -4.05. The Balaban J connectivity index is 0.000000314. The van der Waals surface area contributed by atoms with Crippen LogP contribution in [-0.4, -0.2) is 94.2 Å². The number of rotatable bonds is 5. The van der Waals surface area contributed by atoms with Crippen molar-refractivity contribution in [3.05, 3.63) is 47.8 Å². The lowest BCUT2D eigenvalue weighted by molar-refractivity contribution is -0.193. The first kappa shape index (κ1) is 36.8. The molecule has 10 nitrogen and oxygen atoms in total. The van der Waals surface area contributed by atoms with E-state index in [4.69, 9.17) is 34.3 Å². The van der Waals surface area contributed by atoms with Crippen molar-refractivity contribution in [2.45, 2.75) is 81.8 Å². The summed E-state index contributed by atoms with van der Waals surface area (Å²) in [7, 11) is 3.33. The number of alkyl halides is 6. The van der Waals surface area contributed by atoms with Gasteiger partial charge in [-0.15, -0.1) is 0 Å². The van der Waals surface area contributed by atoms with Crippen LogP contribution in [0.5, 0.6) is 11.5 Å². The molecule has 1 aromatic carbocycles. The summed E-state index contributed by atoms with van der Waals surface area (Å²) in [6.45, 7) is 4.64. The van der Waals surface area contributed by atoms with Gasteiger partial charge in [0.2, 0.25) is 0 Å². The van der Waals surface area contributed by atoms with Crippen LogP contribution in [0, 0.1) is 6.92 Å². The molecular formula is C32H38F6N4O6. The molecule has 2 atom stereocenters. The first-order chi connectivity index (χ1) is 22.5. The highest BCUT2D eigenvalue weighted by Gasteiger charge is 2.39. The fraction of sp³-hybridized carbons (Fsp3) is 0.531. The molecule has 2 bridgehead atoms. The second kappa shape index (κ2) is 15.0. The fourth-order valence-corrected chi connectivity index (χ4v) is 6.58. The van der Waals surface area contributed by atoms with E-state index in [-0.39, 0.29) is 0 Å². The standard InChI is InChI=1S/C28H36N4O2.2C2HF3O2/c1-18-12-21(19-8-10-31(11-9-19)24-14-22-5-6-23(15-24)29-22)16-32-17-25(30-28(18)32)20-4-7-26(33-2)27(13-20)34-3;2*3-2(4,5)1(6)7/h4,7,12-13,16-17,19,22-24,29H,5-6,8-11,14-15H2,1-3H3;2*(H,6,7). The Kier molecular flexibility index (Phi) is 11.5. The van der Waals surface area contributed by atoms with Gasteiger partial charge in [-0.05, 0) is 93.8 Å². The number of methoxy groups -OCH3 is 2. The summed E-state index contributed by atoms with van der Waals surface area (Å²) in [5.41, 5.74) is 5.70. The lowest BCUT2D eigenvalue weighted by atomic mass is 9.87. The van der Waals surface area contributed by atoms with Crippen molar-refractivity contribution in [1.82, 2.24) is 19.6 Å². The van der Waals surface area contributed by atoms with Crippen molar-refractivity contribution >= 4 is 17.6 Å². The highest BCUT2D eigenvalue weighted by molar-refractivity contribution is 5.73. The first-order valence-electron chi connectivity index (χ1n) is 15.3. The van der Waals surface area contributed by atoms with Crippen LogP contribution in [-0.2, 0) is 9.59 Å². The van der Waals surface area contributed by atoms with Crippen LogP contribution >= 0.6 is 0 Å². The second-order valence-electron chi connectivity index (χ2n) is 12.1. The molecule has 0 aliphatic carbocycles. The number of benzene rings is 1. The molecule has 264 valence electrons. The molecule has 16 heteroatoms. The van der Waals surface area contributed by atoms with E-state index in [0.717, 1.165) is 46.5 Å². The summed E-state index contributed by atoms with van der Waals surface area (Å²) in [5.74, 6) is -3.43. The summed E-state index contributed by atoms with van der Waals surface area (Å²) in [4.78, 5) is 25.5. The largest absolute Gasteiger partial charge is 0.493 e. The molecular weight excluding hydrogens is 650 g/mol. The number of carbonyl (C=O) groups is 2. The van der Waals surface area contributed by atoms with Crippen molar-refractivity contribution in [3.8, 4) is 22.8 Å². The summed E-state index contributed by atoms with van der Waals surface area (Å²) in [6.07, 6.45) is 2.25. The van der Waals surface area contributed by atoms with Gasteiger partial charge in [0.1, 0.15) is 5.65 Å². The zero-order chi connectivity index (χ0) is 35.4. The number of imidazole rings is 1. The summed E-state index contributed by atoms with van der Waals surface area (Å²) >= 11 is 0. The monoisotopic (exact) mass is 688 g/mol. The predicted molar refractivity (Wildman–Crippen MR) is 162 cm³/mol. The fourth-order valence-electron chi connectivity index (χ4n) is 6.58. The van der Waals surface area contributed by atoms with Crippen LogP contribution in [0.2, 0.25) is 0 Å². The number of aryl methyl sites for hydroxylation is 1. The van der Waals surface area contributed by atoms with Crippen LogP contribution in [0.25, 0.3) is 16.9 Å². The molecule has 2 aromatic heterocycles. The molecule has 3 aromatic rings. The highest BCUT2D eigenvalue weighted by atomic mass is 19.4. The molecule has 3 aliphatic heterocycles. The molecule has 5 heterocycles. The molecule has 3 saturated heterocycles. The lowest BCUT2D eigenvalue weighted by Crippen LogP contribution is -2.50. The third kappa shape index (κ3) is 9.09. The van der Waals surface area contributed by atoms with Gasteiger partial charge in [0.15, 0.2) is 11.5 Å². The Labute approximate surface area is 272 Å². The van der Waals surface area contributed by atoms with E-state index in [1.807, 2.05) is 18.2 Å². The van der Waals surface area contributed by atoms with Gasteiger partial charge in [0.05, 0.1) is 19.9 Å². The summed E-state index contributed by atoms with van der Waals surface area (Å²) < 4.78 is 76.6. The Morgan fingerprint density at radius 1 is 0.854 bits per heavy atom. The minimum atomic E-state index is -5.08.